The molecule has 1 rings (SSSR count). The molecule has 1 aromatic rings. The van der Waals surface area contributed by atoms with Crippen molar-refractivity contribution in [1.29, 1.82) is 0 Å². The van der Waals surface area contributed by atoms with Crippen LogP contribution in [0, 0.1) is 13.8 Å². The maximum Gasteiger partial charge on any atom is 0.182 e. The molecule has 0 aliphatic rings. The van der Waals surface area contributed by atoms with Crippen LogP contribution in [0.4, 0.5) is 0 Å². The number of hydrogen-bond acceptors (Lipinski definition) is 3. The molecule has 0 aliphatic heterocycles. The monoisotopic (exact) mass is 167 g/mol. The molecule has 0 unspecified atom stereocenters. The summed E-state index contributed by atoms with van der Waals surface area (Å²) in [7, 11) is 3.25. The fourth-order valence-corrected chi connectivity index (χ4v) is 1.15. The van der Waals surface area contributed by atoms with E-state index in [0.717, 1.165) is 22.8 Å². The van der Waals surface area contributed by atoms with Crippen molar-refractivity contribution in [2.75, 3.05) is 14.2 Å². The number of aryl methyl sites for hydroxylation is 2. The molecule has 3 nitrogen and oxygen atoms in total. The van der Waals surface area contributed by atoms with Crippen molar-refractivity contribution in [2.45, 2.75) is 13.8 Å². The van der Waals surface area contributed by atoms with Crippen LogP contribution < -0.4 is 9.47 Å². The standard InChI is InChI=1S/C9H13NO2/c1-6-5-10-7(2)9(12-4)8(6)11-3/h5H,1-4H3. The van der Waals surface area contributed by atoms with Crippen molar-refractivity contribution in [3.05, 3.63) is 17.5 Å². The van der Waals surface area contributed by atoms with Gasteiger partial charge in [0.2, 0.25) is 0 Å². The Morgan fingerprint density at radius 1 is 1.08 bits per heavy atom. The quantitative estimate of drug-likeness (QED) is 0.672. The van der Waals surface area contributed by atoms with E-state index >= 15 is 0 Å². The Balaban J connectivity index is 3.28. The second-order valence-corrected chi connectivity index (χ2v) is 2.59. The number of rotatable bonds is 2. The van der Waals surface area contributed by atoms with Crippen molar-refractivity contribution in [2.24, 2.45) is 0 Å². The molecule has 12 heavy (non-hydrogen) atoms. The van der Waals surface area contributed by atoms with E-state index in [9.17, 15) is 0 Å². The Bertz CT molecular complexity index is 255. The number of pyridine rings is 1. The number of methoxy groups -OCH3 is 2. The van der Waals surface area contributed by atoms with Crippen molar-refractivity contribution in [3.8, 4) is 11.5 Å². The van der Waals surface area contributed by atoms with E-state index < -0.39 is 0 Å². The predicted octanol–water partition coefficient (Wildman–Crippen LogP) is 1.72. The average Bonchev–Trinajstić information content (AvgIpc) is 2.08. The van der Waals surface area contributed by atoms with E-state index in [1.165, 1.54) is 0 Å². The average molecular weight is 167 g/mol. The van der Waals surface area contributed by atoms with Gasteiger partial charge in [-0.3, -0.25) is 4.98 Å². The summed E-state index contributed by atoms with van der Waals surface area (Å²) in [6.45, 7) is 3.83. The Kier molecular flexibility index (Phi) is 2.53. The summed E-state index contributed by atoms with van der Waals surface area (Å²) < 4.78 is 10.3. The van der Waals surface area contributed by atoms with Crippen LogP contribution in [0.2, 0.25) is 0 Å². The number of aromatic nitrogens is 1. The molecule has 0 fully saturated rings. The molecule has 0 aromatic carbocycles. The summed E-state index contributed by atoms with van der Waals surface area (Å²) in [5.41, 5.74) is 1.83. The highest BCUT2D eigenvalue weighted by Gasteiger charge is 2.09. The molecule has 0 amide bonds. The van der Waals surface area contributed by atoms with Crippen LogP contribution in [0.25, 0.3) is 0 Å². The molecule has 0 atom stereocenters. The Morgan fingerprint density at radius 2 is 1.67 bits per heavy atom. The summed E-state index contributed by atoms with van der Waals surface area (Å²) in [6.07, 6.45) is 1.77. The summed E-state index contributed by atoms with van der Waals surface area (Å²) >= 11 is 0. The first-order valence-electron chi connectivity index (χ1n) is 3.75. The molecular formula is C9H13NO2. The van der Waals surface area contributed by atoms with Gasteiger partial charge in [-0.1, -0.05) is 0 Å². The van der Waals surface area contributed by atoms with Crippen LogP contribution >= 0.6 is 0 Å². The molecule has 1 heterocycles. The van der Waals surface area contributed by atoms with Gasteiger partial charge in [-0.05, 0) is 13.8 Å². The molecule has 0 radical (unpaired) electrons. The summed E-state index contributed by atoms with van der Waals surface area (Å²) in [5.74, 6) is 1.49. The first-order chi connectivity index (χ1) is 5.70. The molecule has 0 saturated carbocycles. The Labute approximate surface area is 72.3 Å². The number of ether oxygens (including phenoxy) is 2. The maximum atomic E-state index is 5.18. The minimum absolute atomic E-state index is 0.720. The van der Waals surface area contributed by atoms with Crippen LogP contribution in [0.5, 0.6) is 11.5 Å². The zero-order valence-electron chi connectivity index (χ0n) is 7.84. The number of hydrogen-bond donors (Lipinski definition) is 0. The summed E-state index contributed by atoms with van der Waals surface area (Å²) in [4.78, 5) is 4.15. The van der Waals surface area contributed by atoms with E-state index in [0.29, 0.717) is 0 Å². The van der Waals surface area contributed by atoms with Gasteiger partial charge in [0.15, 0.2) is 11.5 Å². The largest absolute Gasteiger partial charge is 0.492 e. The lowest BCUT2D eigenvalue weighted by atomic mass is 10.2. The predicted molar refractivity (Wildman–Crippen MR) is 46.8 cm³/mol. The smallest absolute Gasteiger partial charge is 0.182 e. The molecular weight excluding hydrogens is 154 g/mol. The zero-order valence-corrected chi connectivity index (χ0v) is 7.84. The fourth-order valence-electron chi connectivity index (χ4n) is 1.15. The molecule has 66 valence electrons. The lowest BCUT2D eigenvalue weighted by Crippen LogP contribution is -1.97. The molecule has 0 bridgehead atoms. The van der Waals surface area contributed by atoms with Crippen LogP contribution in [0.15, 0.2) is 6.20 Å². The van der Waals surface area contributed by atoms with Crippen LogP contribution in [0.3, 0.4) is 0 Å². The zero-order chi connectivity index (χ0) is 9.14. The van der Waals surface area contributed by atoms with Gasteiger partial charge in [-0.15, -0.1) is 0 Å². The van der Waals surface area contributed by atoms with E-state index in [4.69, 9.17) is 9.47 Å². The van der Waals surface area contributed by atoms with Crippen LogP contribution in [-0.2, 0) is 0 Å². The number of nitrogens with zero attached hydrogens (tertiary/aromatic N) is 1. The van der Waals surface area contributed by atoms with Crippen molar-refractivity contribution in [3.63, 3.8) is 0 Å². The summed E-state index contributed by atoms with van der Waals surface area (Å²) in [5, 5.41) is 0. The Morgan fingerprint density at radius 3 is 2.08 bits per heavy atom. The molecule has 0 spiro atoms. The molecule has 3 heteroatoms. The lowest BCUT2D eigenvalue weighted by molar-refractivity contribution is 0.348. The lowest BCUT2D eigenvalue weighted by Gasteiger charge is -2.11. The third-order valence-electron chi connectivity index (χ3n) is 1.75. The van der Waals surface area contributed by atoms with E-state index in [1.54, 1.807) is 20.4 Å². The highest BCUT2D eigenvalue weighted by atomic mass is 16.5. The third-order valence-corrected chi connectivity index (χ3v) is 1.75. The van der Waals surface area contributed by atoms with Gasteiger partial charge in [-0.25, -0.2) is 0 Å². The fraction of sp³-hybridized carbons (Fsp3) is 0.444. The topological polar surface area (TPSA) is 31.4 Å². The van der Waals surface area contributed by atoms with Crippen molar-refractivity contribution >= 4 is 0 Å². The first-order valence-corrected chi connectivity index (χ1v) is 3.75. The van der Waals surface area contributed by atoms with Gasteiger partial charge in [0, 0.05) is 11.8 Å². The van der Waals surface area contributed by atoms with Gasteiger partial charge < -0.3 is 9.47 Å². The molecule has 1 aromatic heterocycles. The van der Waals surface area contributed by atoms with Gasteiger partial charge in [0.05, 0.1) is 19.9 Å². The molecule has 0 aliphatic carbocycles. The van der Waals surface area contributed by atoms with Crippen LogP contribution in [0.1, 0.15) is 11.3 Å². The second kappa shape index (κ2) is 3.43. The van der Waals surface area contributed by atoms with Gasteiger partial charge in [0.1, 0.15) is 0 Å². The highest BCUT2D eigenvalue weighted by Crippen LogP contribution is 2.31. The summed E-state index contributed by atoms with van der Waals surface area (Å²) in [6, 6.07) is 0. The van der Waals surface area contributed by atoms with E-state index in [-0.39, 0.29) is 0 Å². The van der Waals surface area contributed by atoms with Crippen molar-refractivity contribution in [1.82, 2.24) is 4.98 Å². The normalized spacial score (nSPS) is 9.67. The second-order valence-electron chi connectivity index (χ2n) is 2.59. The van der Waals surface area contributed by atoms with Crippen molar-refractivity contribution < 1.29 is 9.47 Å². The van der Waals surface area contributed by atoms with Gasteiger partial charge in [0.25, 0.3) is 0 Å². The highest BCUT2D eigenvalue weighted by molar-refractivity contribution is 5.47. The van der Waals surface area contributed by atoms with Crippen LogP contribution in [-0.4, -0.2) is 19.2 Å². The molecule has 0 N–H and O–H groups in total. The minimum Gasteiger partial charge on any atom is -0.492 e. The Hall–Kier alpha value is -1.25. The van der Waals surface area contributed by atoms with Gasteiger partial charge in [-0.2, -0.15) is 0 Å². The molecule has 0 saturated heterocycles. The van der Waals surface area contributed by atoms with E-state index in [1.807, 2.05) is 13.8 Å². The third kappa shape index (κ3) is 1.35. The SMILES string of the molecule is COc1c(C)cnc(C)c1OC. The minimum atomic E-state index is 0.720. The van der Waals surface area contributed by atoms with E-state index in [2.05, 4.69) is 4.98 Å². The first kappa shape index (κ1) is 8.84. The van der Waals surface area contributed by atoms with Gasteiger partial charge >= 0.3 is 0 Å². The maximum absolute atomic E-state index is 5.18.